The average Bonchev–Trinajstić information content (AvgIpc) is 2.31. The van der Waals surface area contributed by atoms with E-state index in [1.54, 1.807) is 18.2 Å². The molecule has 1 aromatic rings. The Morgan fingerprint density at radius 1 is 1.09 bits per heavy atom. The van der Waals surface area contributed by atoms with Crippen molar-refractivity contribution in [2.45, 2.75) is 20.8 Å². The molecule has 0 aliphatic rings. The van der Waals surface area contributed by atoms with Gasteiger partial charge in [0.1, 0.15) is 0 Å². The van der Waals surface area contributed by atoms with Crippen molar-refractivity contribution in [3.8, 4) is 0 Å². The molecule has 0 aromatic heterocycles. The second-order valence-corrected chi connectivity index (χ2v) is 4.48. The minimum absolute atomic E-state index is 0.394. The second kappa shape index (κ2) is 15.9. The molecule has 10 heteroatoms. The van der Waals surface area contributed by atoms with Gasteiger partial charge >= 0.3 is 22.5 Å². The molecular formula is C12H20O8P2+2. The van der Waals surface area contributed by atoms with E-state index < -0.39 is 22.5 Å². The summed E-state index contributed by atoms with van der Waals surface area (Å²) in [6.45, 7) is 8.97. The monoisotopic (exact) mass is 354 g/mol. The molecule has 0 saturated heterocycles. The number of rotatable bonds is 1. The topological polar surface area (TPSA) is 152 Å². The number of carbonyl (C=O) groups is 1. The lowest BCUT2D eigenvalue weighted by Crippen LogP contribution is -2.00. The van der Waals surface area contributed by atoms with Crippen molar-refractivity contribution in [3.63, 3.8) is 0 Å². The lowest BCUT2D eigenvalue weighted by atomic mass is 10.0. The molecule has 0 fully saturated rings. The predicted molar refractivity (Wildman–Crippen MR) is 82.8 cm³/mol. The molecule has 0 heterocycles. The van der Waals surface area contributed by atoms with Gasteiger partial charge in [-0.2, -0.15) is 0 Å². The van der Waals surface area contributed by atoms with Crippen LogP contribution in [0.1, 0.15) is 28.4 Å². The zero-order valence-corrected chi connectivity index (χ0v) is 14.2. The van der Waals surface area contributed by atoms with Crippen LogP contribution in [-0.2, 0) is 9.13 Å². The Morgan fingerprint density at radius 3 is 1.64 bits per heavy atom. The number of hydrogen-bond donors (Lipinski definition) is 5. The molecule has 0 unspecified atom stereocenters. The van der Waals surface area contributed by atoms with E-state index in [-0.39, 0.29) is 0 Å². The average molecular weight is 354 g/mol. The van der Waals surface area contributed by atoms with Crippen molar-refractivity contribution in [2.24, 2.45) is 0 Å². The van der Waals surface area contributed by atoms with Crippen molar-refractivity contribution >= 4 is 22.5 Å². The highest BCUT2D eigenvalue weighted by Crippen LogP contribution is 2.11. The molecule has 1 rings (SSSR count). The predicted octanol–water partition coefficient (Wildman–Crippen LogP) is 2.45. The van der Waals surface area contributed by atoms with Crippen LogP contribution in [-0.4, -0.2) is 30.6 Å². The van der Waals surface area contributed by atoms with E-state index in [0.29, 0.717) is 5.56 Å². The Kier molecular flexibility index (Phi) is 18.3. The zero-order valence-electron chi connectivity index (χ0n) is 12.4. The number of carboxylic acid groups (broad SMARTS) is 1. The van der Waals surface area contributed by atoms with E-state index in [9.17, 15) is 4.79 Å². The molecule has 0 atom stereocenters. The minimum atomic E-state index is -2.87. The lowest BCUT2D eigenvalue weighted by molar-refractivity contribution is 0.0696. The summed E-state index contributed by atoms with van der Waals surface area (Å²) >= 11 is 0. The summed E-state index contributed by atoms with van der Waals surface area (Å²) in [6, 6.07) is 5.28. The van der Waals surface area contributed by atoms with Crippen molar-refractivity contribution in [2.75, 3.05) is 0 Å². The van der Waals surface area contributed by atoms with Crippen LogP contribution in [0.5, 0.6) is 0 Å². The molecule has 0 amide bonds. The summed E-state index contributed by atoms with van der Waals surface area (Å²) in [5, 5.41) is 8.69. The first-order valence-electron chi connectivity index (χ1n) is 5.57. The molecular weight excluding hydrogens is 334 g/mol. The van der Waals surface area contributed by atoms with E-state index in [0.717, 1.165) is 11.1 Å². The summed E-state index contributed by atoms with van der Waals surface area (Å²) in [5.41, 5.74) is 2.26. The van der Waals surface area contributed by atoms with Gasteiger partial charge in [-0.3, -0.25) is 0 Å². The molecule has 0 aliphatic heterocycles. The maximum Gasteiger partial charge on any atom is 0.692 e. The largest absolute Gasteiger partial charge is 0.692 e. The number of hydrogen-bond acceptors (Lipinski definition) is 3. The summed E-state index contributed by atoms with van der Waals surface area (Å²) in [4.78, 5) is 39.1. The fraction of sp³-hybridized carbons (Fsp3) is 0.250. The normalized spacial score (nSPS) is 7.77. The molecule has 124 valence electrons. The smallest absolute Gasteiger partial charge is 0.478 e. The molecule has 22 heavy (non-hydrogen) atoms. The van der Waals surface area contributed by atoms with Gasteiger partial charge in [0.25, 0.3) is 0 Å². The second-order valence-electron chi connectivity index (χ2n) is 3.47. The molecule has 5 N–H and O–H groups in total. The van der Waals surface area contributed by atoms with Crippen LogP contribution in [0.2, 0.25) is 0 Å². The Labute approximate surface area is 130 Å². The highest BCUT2D eigenvalue weighted by molar-refractivity contribution is 7.31. The van der Waals surface area contributed by atoms with E-state index in [1.165, 1.54) is 0 Å². The Morgan fingerprint density at radius 2 is 1.41 bits per heavy atom. The molecule has 0 spiro atoms. The third kappa shape index (κ3) is 20.8. The standard InChI is InChI=1S/C9H10O2.C3H6.2HO3P/c1-6-4-3-5-8(7(6)2)9(10)11;1-3-2;2*1-4(2)3/h3-5H,1-2H3,(H,10,11);3H,1H2,2H3;2*(H-,1,2,3)/p+2. The Bertz CT molecular complexity index is 482. The molecule has 1 aromatic carbocycles. The van der Waals surface area contributed by atoms with E-state index >= 15 is 0 Å². The van der Waals surface area contributed by atoms with Crippen LogP contribution in [0.25, 0.3) is 0 Å². The van der Waals surface area contributed by atoms with Gasteiger partial charge in [-0.1, -0.05) is 18.2 Å². The van der Waals surface area contributed by atoms with Crippen molar-refractivity contribution in [1.82, 2.24) is 0 Å². The van der Waals surface area contributed by atoms with Crippen LogP contribution in [0.15, 0.2) is 30.9 Å². The highest BCUT2D eigenvalue weighted by Gasteiger charge is 2.06. The fourth-order valence-electron chi connectivity index (χ4n) is 0.983. The maximum atomic E-state index is 10.6. The number of carboxylic acids is 1. The summed E-state index contributed by atoms with van der Waals surface area (Å²) < 4.78 is 17.4. The van der Waals surface area contributed by atoms with Gasteiger partial charge in [0, 0.05) is 9.13 Å². The SMILES string of the molecule is C=CC.Cc1cccc(C(=O)O)c1C.O=[P+](O)O.O=[P+](O)O. The first kappa shape index (κ1) is 25.4. The minimum Gasteiger partial charge on any atom is -0.478 e. The molecule has 0 saturated carbocycles. The van der Waals surface area contributed by atoms with Gasteiger partial charge in [-0.15, -0.1) is 26.2 Å². The summed E-state index contributed by atoms with van der Waals surface area (Å²) in [7, 11) is -5.74. The highest BCUT2D eigenvalue weighted by atomic mass is 31.1. The third-order valence-electron chi connectivity index (χ3n) is 1.84. The molecule has 0 bridgehead atoms. The summed E-state index contributed by atoms with van der Waals surface area (Å²) in [6.07, 6.45) is 1.75. The first-order valence-corrected chi connectivity index (χ1v) is 7.90. The Balaban J connectivity index is -0.000000273. The van der Waals surface area contributed by atoms with Crippen LogP contribution in [0.4, 0.5) is 0 Å². The quantitative estimate of drug-likeness (QED) is 0.381. The number of allylic oxidation sites excluding steroid dienone is 1. The van der Waals surface area contributed by atoms with Crippen LogP contribution in [0, 0.1) is 13.8 Å². The first-order chi connectivity index (χ1) is 10.0. The van der Waals surface area contributed by atoms with Crippen LogP contribution in [0.3, 0.4) is 0 Å². The van der Waals surface area contributed by atoms with Gasteiger partial charge in [0.2, 0.25) is 0 Å². The van der Waals surface area contributed by atoms with Gasteiger partial charge in [-0.05, 0) is 38.0 Å². The summed E-state index contributed by atoms with van der Waals surface area (Å²) in [5.74, 6) is -0.855. The molecule has 0 aliphatic carbocycles. The van der Waals surface area contributed by atoms with Gasteiger partial charge < -0.3 is 5.11 Å². The fourth-order valence-corrected chi connectivity index (χ4v) is 0.983. The number of benzene rings is 1. The number of aryl methyl sites for hydroxylation is 1. The third-order valence-corrected chi connectivity index (χ3v) is 1.84. The van der Waals surface area contributed by atoms with Crippen LogP contribution < -0.4 is 0 Å². The molecule has 0 radical (unpaired) electrons. The van der Waals surface area contributed by atoms with Gasteiger partial charge in [0.05, 0.1) is 5.56 Å². The molecule has 8 nitrogen and oxygen atoms in total. The van der Waals surface area contributed by atoms with Gasteiger partial charge in [0.15, 0.2) is 0 Å². The van der Waals surface area contributed by atoms with Crippen molar-refractivity contribution in [1.29, 1.82) is 0 Å². The van der Waals surface area contributed by atoms with Crippen molar-refractivity contribution in [3.05, 3.63) is 47.5 Å². The van der Waals surface area contributed by atoms with Gasteiger partial charge in [-0.25, -0.2) is 4.79 Å². The van der Waals surface area contributed by atoms with E-state index in [2.05, 4.69) is 6.58 Å². The van der Waals surface area contributed by atoms with Crippen LogP contribution >= 0.6 is 16.5 Å². The number of aromatic carboxylic acids is 1. The maximum absolute atomic E-state index is 10.6. The lowest BCUT2D eigenvalue weighted by Gasteiger charge is -2.02. The van der Waals surface area contributed by atoms with E-state index in [1.807, 2.05) is 26.8 Å². The van der Waals surface area contributed by atoms with E-state index in [4.69, 9.17) is 33.8 Å². The zero-order chi connectivity index (χ0) is 18.3. The van der Waals surface area contributed by atoms with Crippen molar-refractivity contribution < 1.29 is 38.6 Å². The Hall–Kier alpha value is -1.53.